The summed E-state index contributed by atoms with van der Waals surface area (Å²) in [7, 11) is 0. The molecule has 0 atom stereocenters. The van der Waals surface area contributed by atoms with Crippen LogP contribution >= 0.6 is 0 Å². The molecule has 0 aliphatic heterocycles. The van der Waals surface area contributed by atoms with Crippen LogP contribution < -0.4 is 7.22 Å². The first-order valence-electron chi connectivity index (χ1n) is 4.84. The van der Waals surface area contributed by atoms with Crippen LogP contribution in [0.3, 0.4) is 0 Å². The van der Waals surface area contributed by atoms with Crippen molar-refractivity contribution in [3.8, 4) is 0 Å². The van der Waals surface area contributed by atoms with Crippen molar-refractivity contribution in [1.82, 2.24) is 0 Å². The molecule has 0 bridgehead atoms. The SMILES string of the molecule is C=Cc1ccc([Te]c2ccccc2)cc1. The van der Waals surface area contributed by atoms with Crippen LogP contribution in [0.1, 0.15) is 5.56 Å². The molecule has 0 aliphatic rings. The normalized spacial score (nSPS) is 9.87. The second kappa shape index (κ2) is 5.16. The molecule has 0 amide bonds. The molecule has 15 heavy (non-hydrogen) atoms. The van der Waals surface area contributed by atoms with Gasteiger partial charge in [-0.25, -0.2) is 0 Å². The Balaban J connectivity index is 2.15. The first kappa shape index (κ1) is 10.5. The molecule has 0 unspecified atom stereocenters. The summed E-state index contributed by atoms with van der Waals surface area (Å²) in [5.74, 6) is 0. The first-order chi connectivity index (χ1) is 7.38. The van der Waals surface area contributed by atoms with Crippen molar-refractivity contribution in [2.75, 3.05) is 0 Å². The zero-order valence-corrected chi connectivity index (χ0v) is 10.7. The first-order valence-corrected chi connectivity index (χ1v) is 7.17. The number of rotatable bonds is 3. The number of hydrogen-bond acceptors (Lipinski definition) is 0. The van der Waals surface area contributed by atoms with E-state index in [-0.39, 0.29) is 20.9 Å². The average molecular weight is 308 g/mol. The van der Waals surface area contributed by atoms with E-state index in [1.54, 1.807) is 0 Å². The molecule has 2 aromatic rings. The van der Waals surface area contributed by atoms with Crippen LogP contribution in [0.25, 0.3) is 6.08 Å². The summed E-state index contributed by atoms with van der Waals surface area (Å²) >= 11 is -0.209. The fourth-order valence-corrected chi connectivity index (χ4v) is 3.69. The van der Waals surface area contributed by atoms with E-state index < -0.39 is 0 Å². The molecule has 0 fully saturated rings. The van der Waals surface area contributed by atoms with Crippen LogP contribution in [0.15, 0.2) is 61.2 Å². The van der Waals surface area contributed by atoms with Gasteiger partial charge in [0.15, 0.2) is 0 Å². The molecule has 0 N–H and O–H groups in total. The Labute approximate surface area is 101 Å². The Morgan fingerprint density at radius 3 is 2.00 bits per heavy atom. The van der Waals surface area contributed by atoms with Crippen molar-refractivity contribution in [3.63, 3.8) is 0 Å². The van der Waals surface area contributed by atoms with Crippen LogP contribution in [0, 0.1) is 0 Å². The summed E-state index contributed by atoms with van der Waals surface area (Å²) in [6.45, 7) is 3.76. The minimum atomic E-state index is -0.209. The fourth-order valence-electron chi connectivity index (χ4n) is 1.30. The van der Waals surface area contributed by atoms with Crippen molar-refractivity contribution in [2.24, 2.45) is 0 Å². The van der Waals surface area contributed by atoms with E-state index >= 15 is 0 Å². The molecule has 2 aromatic carbocycles. The van der Waals surface area contributed by atoms with Crippen molar-refractivity contribution in [2.45, 2.75) is 0 Å². The summed E-state index contributed by atoms with van der Waals surface area (Å²) in [6.07, 6.45) is 1.88. The van der Waals surface area contributed by atoms with Gasteiger partial charge in [-0.1, -0.05) is 0 Å². The van der Waals surface area contributed by atoms with Gasteiger partial charge >= 0.3 is 101 Å². The zero-order valence-electron chi connectivity index (χ0n) is 8.39. The molecule has 0 heterocycles. The third-order valence-electron chi connectivity index (χ3n) is 2.09. The molecule has 0 radical (unpaired) electrons. The van der Waals surface area contributed by atoms with Crippen LogP contribution in [-0.4, -0.2) is 20.9 Å². The summed E-state index contributed by atoms with van der Waals surface area (Å²) in [4.78, 5) is 0. The van der Waals surface area contributed by atoms with Crippen LogP contribution in [-0.2, 0) is 0 Å². The van der Waals surface area contributed by atoms with Gasteiger partial charge < -0.3 is 0 Å². The molecule has 0 aromatic heterocycles. The van der Waals surface area contributed by atoms with Gasteiger partial charge in [-0.05, 0) is 0 Å². The topological polar surface area (TPSA) is 0 Å². The Bertz CT molecular complexity index is 429. The predicted molar refractivity (Wildman–Crippen MR) is 68.0 cm³/mol. The van der Waals surface area contributed by atoms with Gasteiger partial charge in [0.05, 0.1) is 0 Å². The zero-order chi connectivity index (χ0) is 10.5. The quantitative estimate of drug-likeness (QED) is 0.761. The van der Waals surface area contributed by atoms with E-state index in [0.717, 1.165) is 0 Å². The summed E-state index contributed by atoms with van der Waals surface area (Å²) in [5, 5.41) is 0. The van der Waals surface area contributed by atoms with Crippen LogP contribution in [0.5, 0.6) is 0 Å². The van der Waals surface area contributed by atoms with Gasteiger partial charge in [-0.3, -0.25) is 0 Å². The minimum absolute atomic E-state index is 0.209. The van der Waals surface area contributed by atoms with Gasteiger partial charge in [0, 0.05) is 0 Å². The molecular weight excluding hydrogens is 296 g/mol. The molecule has 0 spiro atoms. The van der Waals surface area contributed by atoms with Gasteiger partial charge in [0.1, 0.15) is 0 Å². The third kappa shape index (κ3) is 2.96. The van der Waals surface area contributed by atoms with Crippen molar-refractivity contribution in [3.05, 3.63) is 66.7 Å². The van der Waals surface area contributed by atoms with Gasteiger partial charge in [-0.15, -0.1) is 0 Å². The van der Waals surface area contributed by atoms with Crippen molar-refractivity contribution < 1.29 is 0 Å². The summed E-state index contributed by atoms with van der Waals surface area (Å²) in [6, 6.07) is 19.4. The molecule has 0 saturated carbocycles. The Morgan fingerprint density at radius 2 is 1.40 bits per heavy atom. The molecular formula is C14H12Te. The average Bonchev–Trinajstić information content (AvgIpc) is 2.31. The fraction of sp³-hybridized carbons (Fsp3) is 0. The van der Waals surface area contributed by atoms with E-state index in [1.165, 1.54) is 12.8 Å². The molecule has 2 rings (SSSR count). The molecule has 0 nitrogen and oxygen atoms in total. The molecule has 1 heteroatoms. The molecule has 0 aliphatic carbocycles. The monoisotopic (exact) mass is 310 g/mol. The second-order valence-electron chi connectivity index (χ2n) is 3.19. The summed E-state index contributed by atoms with van der Waals surface area (Å²) in [5.41, 5.74) is 1.19. The second-order valence-corrected chi connectivity index (χ2v) is 6.46. The van der Waals surface area contributed by atoms with Gasteiger partial charge in [0.25, 0.3) is 0 Å². The standard InChI is InChI=1S/C14H12Te/c1-2-12-8-10-14(11-9-12)15-13-6-4-3-5-7-13/h2-11H,1H2. The van der Waals surface area contributed by atoms with Gasteiger partial charge in [0.2, 0.25) is 0 Å². The number of benzene rings is 2. The molecule has 0 saturated heterocycles. The third-order valence-corrected chi connectivity index (χ3v) is 4.99. The van der Waals surface area contributed by atoms with Crippen molar-refractivity contribution >= 4 is 34.2 Å². The Kier molecular flexibility index (Phi) is 3.61. The van der Waals surface area contributed by atoms with E-state index in [4.69, 9.17) is 0 Å². The number of hydrogen-bond donors (Lipinski definition) is 0. The Hall–Kier alpha value is -1.03. The van der Waals surface area contributed by atoms with E-state index in [2.05, 4.69) is 61.2 Å². The van der Waals surface area contributed by atoms with Crippen LogP contribution in [0.2, 0.25) is 0 Å². The van der Waals surface area contributed by atoms with E-state index in [0.29, 0.717) is 0 Å². The van der Waals surface area contributed by atoms with Crippen LogP contribution in [0.4, 0.5) is 0 Å². The van der Waals surface area contributed by atoms with Crippen molar-refractivity contribution in [1.29, 1.82) is 0 Å². The maximum absolute atomic E-state index is 3.76. The van der Waals surface area contributed by atoms with E-state index in [1.807, 2.05) is 6.08 Å². The molecule has 74 valence electrons. The maximum atomic E-state index is 3.76. The van der Waals surface area contributed by atoms with E-state index in [9.17, 15) is 0 Å². The predicted octanol–water partition coefficient (Wildman–Crippen LogP) is 1.98. The Morgan fingerprint density at radius 1 is 0.800 bits per heavy atom. The van der Waals surface area contributed by atoms with Gasteiger partial charge in [-0.2, -0.15) is 0 Å². The summed E-state index contributed by atoms with van der Waals surface area (Å²) < 4.78 is 2.95.